The zero-order chi connectivity index (χ0) is 26.7. The first kappa shape index (κ1) is 26.9. The number of amides is 3. The lowest BCUT2D eigenvalue weighted by Gasteiger charge is -2.34. The molecule has 37 heavy (non-hydrogen) atoms. The van der Waals surface area contributed by atoms with Crippen LogP contribution in [0.2, 0.25) is 0 Å². The average molecular weight is 514 g/mol. The van der Waals surface area contributed by atoms with Crippen LogP contribution in [-0.2, 0) is 11.2 Å². The largest absolute Gasteiger partial charge is 0.488 e. The Bertz CT molecular complexity index is 1100. The lowest BCUT2D eigenvalue weighted by Crippen LogP contribution is -2.47. The van der Waals surface area contributed by atoms with Crippen molar-refractivity contribution in [3.05, 3.63) is 35.2 Å². The van der Waals surface area contributed by atoms with Crippen molar-refractivity contribution in [1.29, 1.82) is 0 Å². The van der Waals surface area contributed by atoms with Gasteiger partial charge in [-0.2, -0.15) is 0 Å². The number of aliphatic hydroxyl groups is 1. The number of anilines is 2. The Hall–Kier alpha value is -3.11. The normalized spacial score (nSPS) is 20.9. The average Bonchev–Trinajstić information content (AvgIpc) is 3.61. The van der Waals surface area contributed by atoms with Crippen LogP contribution in [0, 0.1) is 25.7 Å². The number of aliphatic hydroxyl groups excluding tert-OH is 1. The number of aromatic nitrogens is 1. The highest BCUT2D eigenvalue weighted by molar-refractivity contribution is 6.00. The standard InChI is InChI=1S/C27H39N5O5/c1-16-12-32(17(2)15-33)25(34)11-21-10-22(28-27(35)29-26-18(3)30-37-19(26)4)8-9-23(21)36-24(16)14-31(5)13-20-6-7-20/h8-10,16-17,20,24,33H,6-7,11-15H2,1-5H3,(H2,28,29,35)/t16-,17+,24+/m1/s1. The van der Waals surface area contributed by atoms with Gasteiger partial charge in [0.05, 0.1) is 19.1 Å². The van der Waals surface area contributed by atoms with Crippen LogP contribution in [0.3, 0.4) is 0 Å². The van der Waals surface area contributed by atoms with Crippen molar-refractivity contribution in [2.45, 2.75) is 59.1 Å². The van der Waals surface area contributed by atoms with Gasteiger partial charge in [-0.1, -0.05) is 12.1 Å². The molecular weight excluding hydrogens is 474 g/mol. The molecule has 10 heteroatoms. The summed E-state index contributed by atoms with van der Waals surface area (Å²) in [5, 5.41) is 19.3. The van der Waals surface area contributed by atoms with Crippen LogP contribution in [0.5, 0.6) is 5.75 Å². The van der Waals surface area contributed by atoms with Crippen molar-refractivity contribution in [3.63, 3.8) is 0 Å². The molecule has 0 saturated heterocycles. The Balaban J connectivity index is 1.56. The van der Waals surface area contributed by atoms with E-state index in [1.807, 2.05) is 13.0 Å². The fraction of sp³-hybridized carbons (Fsp3) is 0.593. The maximum absolute atomic E-state index is 13.4. The van der Waals surface area contributed by atoms with E-state index in [0.717, 1.165) is 19.0 Å². The molecule has 1 saturated carbocycles. The second-order valence-electron chi connectivity index (χ2n) is 10.7. The molecule has 0 unspecified atom stereocenters. The van der Waals surface area contributed by atoms with Gasteiger partial charge < -0.3 is 34.8 Å². The van der Waals surface area contributed by atoms with E-state index in [1.54, 1.807) is 30.9 Å². The first-order chi connectivity index (χ1) is 17.6. The van der Waals surface area contributed by atoms with Crippen molar-refractivity contribution in [2.75, 3.05) is 43.9 Å². The molecule has 4 rings (SSSR count). The number of carbonyl (C=O) groups excluding carboxylic acids is 2. The van der Waals surface area contributed by atoms with Crippen molar-refractivity contribution >= 4 is 23.3 Å². The molecule has 1 aliphatic carbocycles. The summed E-state index contributed by atoms with van der Waals surface area (Å²) in [5.74, 6) is 1.90. The number of nitrogens with zero attached hydrogens (tertiary/aromatic N) is 3. The predicted octanol–water partition coefficient (Wildman–Crippen LogP) is 3.43. The Kier molecular flexibility index (Phi) is 8.39. The summed E-state index contributed by atoms with van der Waals surface area (Å²) in [7, 11) is 2.12. The molecule has 3 N–H and O–H groups in total. The van der Waals surface area contributed by atoms with Crippen molar-refractivity contribution < 1.29 is 24.0 Å². The third kappa shape index (κ3) is 6.81. The Labute approximate surface area is 218 Å². The highest BCUT2D eigenvalue weighted by atomic mass is 16.5. The molecule has 202 valence electrons. The molecular formula is C27H39N5O5. The molecule has 3 atom stereocenters. The van der Waals surface area contributed by atoms with Crippen LogP contribution >= 0.6 is 0 Å². The second-order valence-corrected chi connectivity index (χ2v) is 10.7. The molecule has 1 aromatic carbocycles. The molecule has 1 aromatic heterocycles. The van der Waals surface area contributed by atoms with Gasteiger partial charge >= 0.3 is 6.03 Å². The molecule has 3 amide bonds. The van der Waals surface area contributed by atoms with Gasteiger partial charge in [-0.15, -0.1) is 0 Å². The van der Waals surface area contributed by atoms with Gasteiger partial charge in [0, 0.05) is 36.8 Å². The number of nitrogens with one attached hydrogen (secondary N) is 2. The van der Waals surface area contributed by atoms with E-state index in [2.05, 4.69) is 34.7 Å². The fourth-order valence-electron chi connectivity index (χ4n) is 4.79. The molecule has 0 spiro atoms. The minimum absolute atomic E-state index is 0.0594. The van der Waals surface area contributed by atoms with Crippen LogP contribution in [0.1, 0.15) is 43.7 Å². The van der Waals surface area contributed by atoms with Crippen LogP contribution in [0.25, 0.3) is 0 Å². The summed E-state index contributed by atoms with van der Waals surface area (Å²) in [5.41, 5.74) is 2.35. The Morgan fingerprint density at radius 1 is 1.27 bits per heavy atom. The van der Waals surface area contributed by atoms with E-state index >= 15 is 0 Å². The van der Waals surface area contributed by atoms with Gasteiger partial charge in [0.15, 0.2) is 5.76 Å². The molecule has 2 aliphatic rings. The van der Waals surface area contributed by atoms with Gasteiger partial charge in [-0.05, 0) is 64.8 Å². The zero-order valence-corrected chi connectivity index (χ0v) is 22.4. The molecule has 2 heterocycles. The summed E-state index contributed by atoms with van der Waals surface area (Å²) >= 11 is 0. The number of fused-ring (bicyclic) bond motifs is 1. The Morgan fingerprint density at radius 2 is 2.03 bits per heavy atom. The topological polar surface area (TPSA) is 120 Å². The number of hydrogen-bond donors (Lipinski definition) is 3. The van der Waals surface area contributed by atoms with E-state index in [-0.39, 0.29) is 37.0 Å². The first-order valence-electron chi connectivity index (χ1n) is 13.0. The van der Waals surface area contributed by atoms with Crippen LogP contribution in [0.4, 0.5) is 16.2 Å². The monoisotopic (exact) mass is 513 g/mol. The highest BCUT2D eigenvalue weighted by Crippen LogP contribution is 2.31. The number of urea groups is 1. The number of carbonyl (C=O) groups is 2. The fourth-order valence-corrected chi connectivity index (χ4v) is 4.79. The van der Waals surface area contributed by atoms with Gasteiger partial charge in [0.2, 0.25) is 5.91 Å². The smallest absolute Gasteiger partial charge is 0.323 e. The molecule has 10 nitrogen and oxygen atoms in total. The van der Waals surface area contributed by atoms with Gasteiger partial charge in [-0.3, -0.25) is 4.79 Å². The predicted molar refractivity (Wildman–Crippen MR) is 141 cm³/mol. The number of ether oxygens (including phenoxy) is 1. The maximum atomic E-state index is 13.4. The van der Waals surface area contributed by atoms with Crippen LogP contribution in [0.15, 0.2) is 22.7 Å². The van der Waals surface area contributed by atoms with Crippen molar-refractivity contribution in [1.82, 2.24) is 15.0 Å². The van der Waals surface area contributed by atoms with Crippen LogP contribution < -0.4 is 15.4 Å². The summed E-state index contributed by atoms with van der Waals surface area (Å²) in [6.07, 6.45) is 2.54. The highest BCUT2D eigenvalue weighted by Gasteiger charge is 2.32. The molecule has 0 radical (unpaired) electrons. The van der Waals surface area contributed by atoms with Gasteiger partial charge in [-0.25, -0.2) is 4.79 Å². The van der Waals surface area contributed by atoms with Crippen molar-refractivity contribution in [2.24, 2.45) is 11.8 Å². The number of rotatable bonds is 8. The van der Waals surface area contributed by atoms with Crippen molar-refractivity contribution in [3.8, 4) is 5.75 Å². The first-order valence-corrected chi connectivity index (χ1v) is 13.0. The van der Waals surface area contributed by atoms with Gasteiger partial charge in [0.25, 0.3) is 0 Å². The van der Waals surface area contributed by atoms with E-state index < -0.39 is 6.03 Å². The lowest BCUT2D eigenvalue weighted by atomic mass is 10.0. The van der Waals surface area contributed by atoms with E-state index in [1.165, 1.54) is 12.8 Å². The minimum atomic E-state index is -0.437. The molecule has 0 bridgehead atoms. The lowest BCUT2D eigenvalue weighted by molar-refractivity contribution is -0.134. The zero-order valence-electron chi connectivity index (χ0n) is 22.4. The van der Waals surface area contributed by atoms with E-state index in [0.29, 0.717) is 40.7 Å². The molecule has 2 aromatic rings. The Morgan fingerprint density at radius 3 is 2.68 bits per heavy atom. The summed E-state index contributed by atoms with van der Waals surface area (Å²) in [6, 6.07) is 4.64. The summed E-state index contributed by atoms with van der Waals surface area (Å²) < 4.78 is 11.7. The molecule has 1 aliphatic heterocycles. The quantitative estimate of drug-likeness (QED) is 0.495. The van der Waals surface area contributed by atoms with Crippen LogP contribution in [-0.4, -0.2) is 77.4 Å². The van der Waals surface area contributed by atoms with E-state index in [4.69, 9.17) is 9.26 Å². The number of hydrogen-bond acceptors (Lipinski definition) is 7. The summed E-state index contributed by atoms with van der Waals surface area (Å²) in [4.78, 5) is 30.1. The maximum Gasteiger partial charge on any atom is 0.323 e. The van der Waals surface area contributed by atoms with Gasteiger partial charge in [0.1, 0.15) is 23.2 Å². The number of aryl methyl sites for hydroxylation is 2. The minimum Gasteiger partial charge on any atom is -0.488 e. The second kappa shape index (κ2) is 11.5. The number of likely N-dealkylation sites (N-methyl/N-ethyl adjacent to an activating group) is 1. The summed E-state index contributed by atoms with van der Waals surface area (Å²) in [6.45, 7) is 9.61. The van der Waals surface area contributed by atoms with E-state index in [9.17, 15) is 14.7 Å². The SMILES string of the molecule is Cc1noc(C)c1NC(=O)Nc1ccc2c(c1)CC(=O)N([C@@H](C)CO)C[C@@H](C)[C@H](CN(C)CC1CC1)O2. The molecule has 1 fully saturated rings. The number of benzene rings is 1. The third-order valence-electron chi connectivity index (χ3n) is 7.20. The third-order valence-corrected chi connectivity index (χ3v) is 7.20.